The Labute approximate surface area is 83.4 Å². The van der Waals surface area contributed by atoms with E-state index in [1.54, 1.807) is 6.92 Å². The Morgan fingerprint density at radius 1 is 1.57 bits per heavy atom. The van der Waals surface area contributed by atoms with Crippen LogP contribution in [0.3, 0.4) is 0 Å². The Kier molecular flexibility index (Phi) is 5.43. The summed E-state index contributed by atoms with van der Waals surface area (Å²) < 4.78 is 23.6. The number of sulfonamides is 1. The summed E-state index contributed by atoms with van der Waals surface area (Å²) in [5.41, 5.74) is 5.28. The van der Waals surface area contributed by atoms with Gasteiger partial charge in [-0.25, -0.2) is 13.1 Å². The highest BCUT2D eigenvalue weighted by atomic mass is 32.2. The predicted octanol–water partition coefficient (Wildman–Crippen LogP) is -1.74. The number of hydrogen-bond donors (Lipinski definition) is 4. The zero-order valence-corrected chi connectivity index (χ0v) is 9.00. The Morgan fingerprint density at radius 3 is 2.57 bits per heavy atom. The Bertz CT molecular complexity index is 287. The average Bonchev–Trinajstić information content (AvgIpc) is 2.09. The molecule has 7 nitrogen and oxygen atoms in total. The van der Waals surface area contributed by atoms with E-state index >= 15 is 0 Å². The first kappa shape index (κ1) is 13.1. The smallest absolute Gasteiger partial charge is 0.208 e. The molecular formula is C6H16N4O3S. The van der Waals surface area contributed by atoms with Gasteiger partial charge >= 0.3 is 0 Å². The summed E-state index contributed by atoms with van der Waals surface area (Å²) in [7, 11) is -3.15. The van der Waals surface area contributed by atoms with Crippen molar-refractivity contribution in [1.29, 1.82) is 0 Å². The first-order chi connectivity index (χ1) is 6.37. The molecule has 0 spiro atoms. The van der Waals surface area contributed by atoms with Crippen LogP contribution in [0, 0.1) is 0 Å². The lowest BCUT2D eigenvalue weighted by Crippen LogP contribution is -2.42. The van der Waals surface area contributed by atoms with E-state index in [1.165, 1.54) is 0 Å². The number of nitrogens with zero attached hydrogens (tertiary/aromatic N) is 1. The molecule has 5 N–H and O–H groups in total. The molecule has 1 unspecified atom stereocenters. The number of oxime groups is 1. The molecule has 0 amide bonds. The van der Waals surface area contributed by atoms with Crippen molar-refractivity contribution in [1.82, 2.24) is 10.0 Å². The summed E-state index contributed by atoms with van der Waals surface area (Å²) in [6.07, 6.45) is 1.08. The van der Waals surface area contributed by atoms with Crippen molar-refractivity contribution in [3.05, 3.63) is 0 Å². The minimum absolute atomic E-state index is 0.0596. The molecule has 0 fully saturated rings. The molecular weight excluding hydrogens is 208 g/mol. The molecule has 0 aromatic heterocycles. The molecule has 0 aliphatic rings. The Balaban J connectivity index is 3.66. The summed E-state index contributed by atoms with van der Waals surface area (Å²) in [4.78, 5) is 0. The summed E-state index contributed by atoms with van der Waals surface area (Å²) in [5, 5.41) is 14.0. The largest absolute Gasteiger partial charge is 0.409 e. The van der Waals surface area contributed by atoms with Gasteiger partial charge in [-0.05, 0) is 6.92 Å². The third-order valence-corrected chi connectivity index (χ3v) is 2.23. The van der Waals surface area contributed by atoms with Gasteiger partial charge in [0.25, 0.3) is 0 Å². The van der Waals surface area contributed by atoms with Gasteiger partial charge in [0.2, 0.25) is 10.0 Å². The minimum Gasteiger partial charge on any atom is -0.409 e. The normalized spacial score (nSPS) is 15.4. The summed E-state index contributed by atoms with van der Waals surface area (Å²) >= 11 is 0. The van der Waals surface area contributed by atoms with E-state index in [0.717, 1.165) is 6.26 Å². The van der Waals surface area contributed by atoms with Crippen molar-refractivity contribution in [2.75, 3.05) is 19.3 Å². The first-order valence-corrected chi connectivity index (χ1v) is 5.91. The van der Waals surface area contributed by atoms with Crippen molar-refractivity contribution in [2.45, 2.75) is 13.0 Å². The lowest BCUT2D eigenvalue weighted by molar-refractivity contribution is 0.315. The number of amidine groups is 1. The van der Waals surface area contributed by atoms with Gasteiger partial charge in [-0.3, -0.25) is 0 Å². The van der Waals surface area contributed by atoms with Crippen LogP contribution in [0.25, 0.3) is 0 Å². The van der Waals surface area contributed by atoms with Gasteiger partial charge in [-0.2, -0.15) is 0 Å². The molecule has 0 aliphatic carbocycles. The molecule has 14 heavy (non-hydrogen) atoms. The third-order valence-electron chi connectivity index (χ3n) is 1.50. The third kappa shape index (κ3) is 6.63. The van der Waals surface area contributed by atoms with Crippen molar-refractivity contribution < 1.29 is 13.6 Å². The Hall–Kier alpha value is -0.860. The summed E-state index contributed by atoms with van der Waals surface area (Å²) in [6, 6.07) is -0.290. The van der Waals surface area contributed by atoms with E-state index < -0.39 is 10.0 Å². The average molecular weight is 224 g/mol. The van der Waals surface area contributed by atoms with Gasteiger partial charge in [-0.15, -0.1) is 0 Å². The second-order valence-electron chi connectivity index (χ2n) is 2.87. The maximum atomic E-state index is 10.6. The van der Waals surface area contributed by atoms with Gasteiger partial charge < -0.3 is 16.3 Å². The van der Waals surface area contributed by atoms with Gasteiger partial charge in [-0.1, -0.05) is 5.16 Å². The van der Waals surface area contributed by atoms with Crippen molar-refractivity contribution in [3.8, 4) is 0 Å². The maximum absolute atomic E-state index is 10.6. The van der Waals surface area contributed by atoms with Crippen LogP contribution in [-0.2, 0) is 10.0 Å². The number of nitrogens with one attached hydrogen (secondary N) is 2. The fraction of sp³-hybridized carbons (Fsp3) is 0.833. The molecule has 0 saturated carbocycles. The van der Waals surface area contributed by atoms with Crippen LogP contribution in [0.1, 0.15) is 6.92 Å². The van der Waals surface area contributed by atoms with Crippen LogP contribution < -0.4 is 15.8 Å². The molecule has 0 aliphatic heterocycles. The first-order valence-electron chi connectivity index (χ1n) is 4.02. The van der Waals surface area contributed by atoms with Gasteiger partial charge in [0.1, 0.15) is 0 Å². The van der Waals surface area contributed by atoms with Crippen LogP contribution in [-0.4, -0.2) is 44.8 Å². The van der Waals surface area contributed by atoms with E-state index in [-0.39, 0.29) is 18.4 Å². The fourth-order valence-corrected chi connectivity index (χ4v) is 1.19. The van der Waals surface area contributed by atoms with Gasteiger partial charge in [0.15, 0.2) is 5.84 Å². The minimum atomic E-state index is -3.15. The molecule has 84 valence electrons. The van der Waals surface area contributed by atoms with E-state index in [4.69, 9.17) is 10.9 Å². The molecule has 0 aromatic rings. The molecule has 0 rings (SSSR count). The second kappa shape index (κ2) is 5.78. The molecule has 1 atom stereocenters. The molecule has 0 bridgehead atoms. The highest BCUT2D eigenvalue weighted by molar-refractivity contribution is 7.88. The Morgan fingerprint density at radius 2 is 2.14 bits per heavy atom. The summed E-state index contributed by atoms with van der Waals surface area (Å²) in [5.74, 6) is 0.0596. The van der Waals surface area contributed by atoms with Crippen LogP contribution >= 0.6 is 0 Å². The van der Waals surface area contributed by atoms with Gasteiger partial charge in [0, 0.05) is 13.1 Å². The fourth-order valence-electron chi connectivity index (χ4n) is 0.716. The van der Waals surface area contributed by atoms with E-state index in [9.17, 15) is 8.42 Å². The van der Waals surface area contributed by atoms with Crippen LogP contribution in [0.15, 0.2) is 5.16 Å². The molecule has 0 radical (unpaired) electrons. The van der Waals surface area contributed by atoms with Crippen LogP contribution in [0.5, 0.6) is 0 Å². The number of nitrogens with two attached hydrogens (primary N) is 1. The second-order valence-corrected chi connectivity index (χ2v) is 4.70. The topological polar surface area (TPSA) is 117 Å². The van der Waals surface area contributed by atoms with Crippen molar-refractivity contribution in [3.63, 3.8) is 0 Å². The highest BCUT2D eigenvalue weighted by Gasteiger charge is 2.06. The maximum Gasteiger partial charge on any atom is 0.208 e. The molecule has 8 heteroatoms. The van der Waals surface area contributed by atoms with E-state index in [1.807, 2.05) is 0 Å². The van der Waals surface area contributed by atoms with Crippen LogP contribution in [0.4, 0.5) is 0 Å². The monoisotopic (exact) mass is 224 g/mol. The lowest BCUT2D eigenvalue weighted by atomic mass is 10.3. The lowest BCUT2D eigenvalue weighted by Gasteiger charge is -2.11. The van der Waals surface area contributed by atoms with E-state index in [2.05, 4.69) is 15.2 Å². The zero-order chi connectivity index (χ0) is 11.2. The van der Waals surface area contributed by atoms with Crippen molar-refractivity contribution in [2.24, 2.45) is 10.9 Å². The summed E-state index contributed by atoms with van der Waals surface area (Å²) in [6.45, 7) is 2.38. The standard InChI is InChI=1S/C6H16N4O3S/c1-5(6(7)10-11)8-3-4-9-14(2,12)13/h5,8-9,11H,3-4H2,1-2H3,(H2,7,10). The zero-order valence-electron chi connectivity index (χ0n) is 8.19. The predicted molar refractivity (Wildman–Crippen MR) is 53.7 cm³/mol. The quantitative estimate of drug-likeness (QED) is 0.140. The van der Waals surface area contributed by atoms with Crippen molar-refractivity contribution >= 4 is 15.9 Å². The van der Waals surface area contributed by atoms with E-state index in [0.29, 0.717) is 6.54 Å². The molecule has 0 aromatic carbocycles. The molecule has 0 saturated heterocycles. The number of hydrogen-bond acceptors (Lipinski definition) is 5. The molecule has 0 heterocycles. The number of rotatable bonds is 6. The highest BCUT2D eigenvalue weighted by Crippen LogP contribution is 1.80. The van der Waals surface area contributed by atoms with Crippen LogP contribution in [0.2, 0.25) is 0 Å². The van der Waals surface area contributed by atoms with Gasteiger partial charge in [0.05, 0.1) is 12.3 Å². The SMILES string of the molecule is CC(NCCNS(C)(=O)=O)C(N)=NO.